The Morgan fingerprint density at radius 3 is 2.79 bits per heavy atom. The highest BCUT2D eigenvalue weighted by atomic mass is 16.5. The number of hydrogen-bond acceptors (Lipinski definition) is 4. The first-order valence-corrected chi connectivity index (χ1v) is 5.80. The van der Waals surface area contributed by atoms with Gasteiger partial charge in [0.1, 0.15) is 6.61 Å². The van der Waals surface area contributed by atoms with Gasteiger partial charge in [-0.2, -0.15) is 0 Å². The van der Waals surface area contributed by atoms with Crippen molar-refractivity contribution in [2.45, 2.75) is 13.5 Å². The molecule has 1 heterocycles. The number of nitrogens with zero attached hydrogens (tertiary/aromatic N) is 1. The molecule has 2 aromatic rings. The molecule has 0 radical (unpaired) electrons. The Bertz CT molecular complexity index is 611. The fourth-order valence-electron chi connectivity index (χ4n) is 1.63. The lowest BCUT2D eigenvalue weighted by atomic mass is 10.1. The number of primary amides is 1. The molecule has 0 spiro atoms. The lowest BCUT2D eigenvalue weighted by molar-refractivity contribution is 0.0999. The minimum Gasteiger partial charge on any atom is -0.485 e. The Kier molecular flexibility index (Phi) is 3.66. The summed E-state index contributed by atoms with van der Waals surface area (Å²) < 4.78 is 5.60. The molecular weight excluding hydrogens is 242 g/mol. The third-order valence-electron chi connectivity index (χ3n) is 2.81. The summed E-state index contributed by atoms with van der Waals surface area (Å²) in [6.07, 6.45) is 1.33. The third-order valence-corrected chi connectivity index (χ3v) is 2.81. The van der Waals surface area contributed by atoms with Gasteiger partial charge >= 0.3 is 0 Å². The van der Waals surface area contributed by atoms with E-state index < -0.39 is 5.91 Å². The van der Waals surface area contributed by atoms with E-state index in [4.69, 9.17) is 16.2 Å². The van der Waals surface area contributed by atoms with E-state index in [-0.39, 0.29) is 11.4 Å². The zero-order valence-electron chi connectivity index (χ0n) is 10.6. The molecule has 0 bridgehead atoms. The van der Waals surface area contributed by atoms with Crippen molar-refractivity contribution < 1.29 is 9.53 Å². The van der Waals surface area contributed by atoms with Crippen LogP contribution in [0.1, 0.15) is 21.5 Å². The van der Waals surface area contributed by atoms with Gasteiger partial charge in [-0.3, -0.25) is 4.79 Å². The summed E-state index contributed by atoms with van der Waals surface area (Å²) in [5.41, 5.74) is 13.3. The molecule has 1 aromatic carbocycles. The standard InChI is InChI=1S/C14H15N3O2/c1-9-4-2-3-5-10(9)8-19-12-6-11(14(16)18)7-17-13(12)15/h2-7H,8H2,1H3,(H2,15,17)(H2,16,18). The van der Waals surface area contributed by atoms with Gasteiger partial charge < -0.3 is 16.2 Å². The summed E-state index contributed by atoms with van der Waals surface area (Å²) in [4.78, 5) is 15.0. The molecule has 0 unspecified atom stereocenters. The molecule has 0 saturated heterocycles. The Hall–Kier alpha value is -2.56. The van der Waals surface area contributed by atoms with Gasteiger partial charge in [-0.25, -0.2) is 4.98 Å². The Morgan fingerprint density at radius 1 is 1.37 bits per heavy atom. The number of nitrogens with two attached hydrogens (primary N) is 2. The molecule has 5 nitrogen and oxygen atoms in total. The van der Waals surface area contributed by atoms with Crippen LogP contribution < -0.4 is 16.2 Å². The molecule has 98 valence electrons. The Balaban J connectivity index is 2.17. The van der Waals surface area contributed by atoms with Crippen LogP contribution in [0.3, 0.4) is 0 Å². The number of rotatable bonds is 4. The number of nitrogen functional groups attached to an aromatic ring is 1. The Morgan fingerprint density at radius 2 is 2.11 bits per heavy atom. The van der Waals surface area contributed by atoms with E-state index in [9.17, 15) is 4.79 Å². The number of amides is 1. The largest absolute Gasteiger partial charge is 0.485 e. The van der Waals surface area contributed by atoms with Gasteiger partial charge in [-0.15, -0.1) is 0 Å². The van der Waals surface area contributed by atoms with Crippen molar-refractivity contribution in [2.24, 2.45) is 5.73 Å². The molecular formula is C14H15N3O2. The lowest BCUT2D eigenvalue weighted by Crippen LogP contribution is -2.12. The first kappa shape index (κ1) is 12.9. The second kappa shape index (κ2) is 5.39. The number of carbonyl (C=O) groups is 1. The maximum atomic E-state index is 11.1. The fourth-order valence-corrected chi connectivity index (χ4v) is 1.63. The number of hydrogen-bond donors (Lipinski definition) is 2. The number of anilines is 1. The highest BCUT2D eigenvalue weighted by Crippen LogP contribution is 2.21. The molecule has 0 atom stereocenters. The highest BCUT2D eigenvalue weighted by Gasteiger charge is 2.08. The predicted octanol–water partition coefficient (Wildman–Crippen LogP) is 1.65. The SMILES string of the molecule is Cc1ccccc1COc1cc(C(N)=O)cnc1N. The van der Waals surface area contributed by atoms with E-state index in [0.29, 0.717) is 12.4 Å². The number of ether oxygens (including phenoxy) is 1. The summed E-state index contributed by atoms with van der Waals surface area (Å²) in [6, 6.07) is 9.37. The monoisotopic (exact) mass is 257 g/mol. The molecule has 0 aliphatic heterocycles. The molecule has 2 rings (SSSR count). The number of pyridine rings is 1. The van der Waals surface area contributed by atoms with Crippen LogP contribution in [-0.2, 0) is 6.61 Å². The van der Waals surface area contributed by atoms with Crippen LogP contribution in [0, 0.1) is 6.92 Å². The quantitative estimate of drug-likeness (QED) is 0.871. The van der Waals surface area contributed by atoms with Crippen LogP contribution >= 0.6 is 0 Å². The van der Waals surface area contributed by atoms with E-state index in [1.807, 2.05) is 31.2 Å². The van der Waals surface area contributed by atoms with Crippen molar-refractivity contribution >= 4 is 11.7 Å². The molecule has 4 N–H and O–H groups in total. The highest BCUT2D eigenvalue weighted by molar-refractivity contribution is 5.93. The van der Waals surface area contributed by atoms with E-state index in [1.54, 1.807) is 0 Å². The van der Waals surface area contributed by atoms with E-state index >= 15 is 0 Å². The van der Waals surface area contributed by atoms with Gasteiger partial charge in [0.05, 0.1) is 5.56 Å². The number of aromatic nitrogens is 1. The summed E-state index contributed by atoms with van der Waals surface area (Å²) in [5, 5.41) is 0. The molecule has 0 fully saturated rings. The van der Waals surface area contributed by atoms with Gasteiger partial charge in [0, 0.05) is 6.20 Å². The topological polar surface area (TPSA) is 91.2 Å². The van der Waals surface area contributed by atoms with Crippen molar-refractivity contribution in [1.82, 2.24) is 4.98 Å². The maximum Gasteiger partial charge on any atom is 0.250 e. The van der Waals surface area contributed by atoms with Crippen LogP contribution in [0.2, 0.25) is 0 Å². The minimum absolute atomic E-state index is 0.235. The molecule has 0 aliphatic rings. The van der Waals surface area contributed by atoms with E-state index in [1.165, 1.54) is 12.3 Å². The van der Waals surface area contributed by atoms with E-state index in [0.717, 1.165) is 11.1 Å². The normalized spacial score (nSPS) is 10.2. The first-order valence-electron chi connectivity index (χ1n) is 5.80. The van der Waals surface area contributed by atoms with Gasteiger partial charge in [-0.1, -0.05) is 24.3 Å². The molecule has 5 heteroatoms. The summed E-state index contributed by atoms with van der Waals surface area (Å²) in [6.45, 7) is 2.36. The smallest absolute Gasteiger partial charge is 0.250 e. The number of aryl methyl sites for hydroxylation is 1. The fraction of sp³-hybridized carbons (Fsp3) is 0.143. The second-order valence-corrected chi connectivity index (χ2v) is 4.19. The first-order chi connectivity index (χ1) is 9.08. The Labute approximate surface area is 111 Å². The lowest BCUT2D eigenvalue weighted by Gasteiger charge is -2.10. The molecule has 19 heavy (non-hydrogen) atoms. The average Bonchev–Trinajstić information content (AvgIpc) is 2.39. The molecule has 0 aliphatic carbocycles. The third kappa shape index (κ3) is 3.01. The summed E-state index contributed by atoms with van der Waals surface area (Å²) in [7, 11) is 0. The van der Waals surface area contributed by atoms with Crippen molar-refractivity contribution in [3.8, 4) is 5.75 Å². The molecule has 0 saturated carbocycles. The summed E-state index contributed by atoms with van der Waals surface area (Å²) in [5.74, 6) is 0.0337. The van der Waals surface area contributed by atoms with Crippen molar-refractivity contribution in [3.63, 3.8) is 0 Å². The van der Waals surface area contributed by atoms with Crippen molar-refractivity contribution in [1.29, 1.82) is 0 Å². The zero-order chi connectivity index (χ0) is 13.8. The number of carbonyl (C=O) groups excluding carboxylic acids is 1. The van der Waals surface area contributed by atoms with Gasteiger partial charge in [0.25, 0.3) is 0 Å². The minimum atomic E-state index is -0.562. The van der Waals surface area contributed by atoms with Crippen LogP contribution in [0.4, 0.5) is 5.82 Å². The summed E-state index contributed by atoms with van der Waals surface area (Å²) >= 11 is 0. The van der Waals surface area contributed by atoms with Crippen LogP contribution in [0.25, 0.3) is 0 Å². The van der Waals surface area contributed by atoms with Crippen LogP contribution in [-0.4, -0.2) is 10.9 Å². The average molecular weight is 257 g/mol. The van der Waals surface area contributed by atoms with Gasteiger partial charge in [0.15, 0.2) is 11.6 Å². The zero-order valence-corrected chi connectivity index (χ0v) is 10.6. The molecule has 1 amide bonds. The number of benzene rings is 1. The van der Waals surface area contributed by atoms with E-state index in [2.05, 4.69) is 4.98 Å². The van der Waals surface area contributed by atoms with Gasteiger partial charge in [-0.05, 0) is 24.1 Å². The maximum absolute atomic E-state index is 11.1. The van der Waals surface area contributed by atoms with Gasteiger partial charge in [0.2, 0.25) is 5.91 Å². The second-order valence-electron chi connectivity index (χ2n) is 4.19. The van der Waals surface area contributed by atoms with Crippen molar-refractivity contribution in [3.05, 3.63) is 53.2 Å². The van der Waals surface area contributed by atoms with Crippen LogP contribution in [0.15, 0.2) is 36.5 Å². The van der Waals surface area contributed by atoms with Crippen LogP contribution in [0.5, 0.6) is 5.75 Å². The van der Waals surface area contributed by atoms with Crippen molar-refractivity contribution in [2.75, 3.05) is 5.73 Å². The predicted molar refractivity (Wildman–Crippen MR) is 72.7 cm³/mol. The molecule has 1 aromatic heterocycles.